The number of ketones is 1. The number of rotatable bonds is 8. The molecule has 0 unspecified atom stereocenters. The van der Waals surface area contributed by atoms with Crippen LogP contribution in [0.5, 0.6) is 0 Å². The molecular weight excluding hydrogens is 386 g/mol. The highest BCUT2D eigenvalue weighted by atomic mass is 32.2. The van der Waals surface area contributed by atoms with Crippen LogP contribution in [0.2, 0.25) is 0 Å². The second-order valence-corrected chi connectivity index (χ2v) is 9.92. The number of nitrogens with zero attached hydrogens (tertiary/aromatic N) is 3. The Labute approximate surface area is 165 Å². The first-order valence-corrected chi connectivity index (χ1v) is 11.0. The zero-order valence-electron chi connectivity index (χ0n) is 15.2. The van der Waals surface area contributed by atoms with Crippen molar-refractivity contribution in [3.8, 4) is 0 Å². The lowest BCUT2D eigenvalue weighted by molar-refractivity contribution is 0.0993. The smallest absolute Gasteiger partial charge is 0.177 e. The van der Waals surface area contributed by atoms with Crippen molar-refractivity contribution < 1.29 is 9.21 Å². The van der Waals surface area contributed by atoms with Gasteiger partial charge in [0.1, 0.15) is 5.76 Å². The van der Waals surface area contributed by atoms with Crippen molar-refractivity contribution in [2.24, 2.45) is 0 Å². The molecule has 0 amide bonds. The van der Waals surface area contributed by atoms with Crippen LogP contribution in [-0.2, 0) is 6.54 Å². The molecule has 5 nitrogen and oxygen atoms in total. The highest BCUT2D eigenvalue weighted by molar-refractivity contribution is 8.03. The Kier molecular flexibility index (Phi) is 6.26. The third-order valence-corrected chi connectivity index (χ3v) is 7.16. The van der Waals surface area contributed by atoms with Gasteiger partial charge in [0.15, 0.2) is 14.5 Å². The van der Waals surface area contributed by atoms with E-state index in [2.05, 4.69) is 21.7 Å². The standard InChI is InChI=1S/C18H21N3O2S3/c1-5-24-17-19-20-18(26-17)25-13(4)16(22)15-9-11(2)21(12(15)3)10-14-7-6-8-23-14/h6-9,13H,5,10H2,1-4H3/t13-/m0/s1. The number of hydrogen-bond donors (Lipinski definition) is 0. The normalized spacial score (nSPS) is 12.5. The Morgan fingerprint density at radius 3 is 2.81 bits per heavy atom. The van der Waals surface area contributed by atoms with Gasteiger partial charge in [0.25, 0.3) is 0 Å². The van der Waals surface area contributed by atoms with Gasteiger partial charge < -0.3 is 8.98 Å². The molecule has 3 rings (SSSR count). The van der Waals surface area contributed by atoms with Gasteiger partial charge in [-0.2, -0.15) is 0 Å². The summed E-state index contributed by atoms with van der Waals surface area (Å²) in [6, 6.07) is 5.79. The average molecular weight is 408 g/mol. The predicted molar refractivity (Wildman–Crippen MR) is 108 cm³/mol. The topological polar surface area (TPSA) is 60.9 Å². The van der Waals surface area contributed by atoms with E-state index in [0.29, 0.717) is 6.54 Å². The fourth-order valence-electron chi connectivity index (χ4n) is 2.70. The Hall–Kier alpha value is -1.51. The maximum atomic E-state index is 13.0. The summed E-state index contributed by atoms with van der Waals surface area (Å²) in [4.78, 5) is 13.0. The molecule has 3 aromatic rings. The van der Waals surface area contributed by atoms with E-state index < -0.39 is 0 Å². The third-order valence-electron chi connectivity index (χ3n) is 4.04. The number of carbonyl (C=O) groups is 1. The van der Waals surface area contributed by atoms with Gasteiger partial charge in [-0.1, -0.05) is 41.8 Å². The van der Waals surface area contributed by atoms with Gasteiger partial charge in [-0.15, -0.1) is 10.2 Å². The molecule has 26 heavy (non-hydrogen) atoms. The molecule has 138 valence electrons. The van der Waals surface area contributed by atoms with Gasteiger partial charge in [0, 0.05) is 17.0 Å². The summed E-state index contributed by atoms with van der Waals surface area (Å²) in [5, 5.41) is 8.13. The molecule has 0 aromatic carbocycles. The van der Waals surface area contributed by atoms with Crippen LogP contribution in [0.25, 0.3) is 0 Å². The van der Waals surface area contributed by atoms with Crippen molar-refractivity contribution >= 4 is 40.6 Å². The van der Waals surface area contributed by atoms with E-state index in [1.165, 1.54) is 11.8 Å². The van der Waals surface area contributed by atoms with E-state index in [4.69, 9.17) is 4.42 Å². The first kappa shape index (κ1) is 19.3. The first-order chi connectivity index (χ1) is 12.5. The molecule has 3 aromatic heterocycles. The molecule has 0 radical (unpaired) electrons. The minimum atomic E-state index is -0.208. The molecule has 0 saturated heterocycles. The molecule has 0 aliphatic rings. The quantitative estimate of drug-likeness (QED) is 0.384. The summed E-state index contributed by atoms with van der Waals surface area (Å²) in [6.45, 7) is 8.65. The van der Waals surface area contributed by atoms with Crippen molar-refractivity contribution in [2.45, 2.75) is 48.2 Å². The van der Waals surface area contributed by atoms with Gasteiger partial charge in [-0.25, -0.2) is 0 Å². The molecule has 0 N–H and O–H groups in total. The monoisotopic (exact) mass is 407 g/mol. The molecule has 0 spiro atoms. The Balaban J connectivity index is 1.74. The van der Waals surface area contributed by atoms with Gasteiger partial charge in [-0.3, -0.25) is 4.79 Å². The van der Waals surface area contributed by atoms with Crippen molar-refractivity contribution in [1.82, 2.24) is 14.8 Å². The van der Waals surface area contributed by atoms with E-state index >= 15 is 0 Å². The van der Waals surface area contributed by atoms with Crippen molar-refractivity contribution in [3.05, 3.63) is 47.2 Å². The number of furan rings is 1. The SMILES string of the molecule is CCSc1nnc(S[C@@H](C)C(=O)c2cc(C)n(Cc3ccco3)c2C)s1. The van der Waals surface area contributed by atoms with E-state index in [-0.39, 0.29) is 11.0 Å². The molecule has 0 aliphatic carbocycles. The van der Waals surface area contributed by atoms with E-state index in [0.717, 1.165) is 37.1 Å². The predicted octanol–water partition coefficient (Wildman–Crippen LogP) is 5.07. The van der Waals surface area contributed by atoms with E-state index in [9.17, 15) is 4.79 Å². The Bertz CT molecular complexity index is 884. The fraction of sp³-hybridized carbons (Fsp3) is 0.389. The van der Waals surface area contributed by atoms with Gasteiger partial charge in [0.05, 0.1) is 18.1 Å². The van der Waals surface area contributed by atoms with Crippen molar-refractivity contribution in [1.29, 1.82) is 0 Å². The van der Waals surface area contributed by atoms with Crippen LogP contribution in [0.4, 0.5) is 0 Å². The maximum Gasteiger partial charge on any atom is 0.177 e. The molecule has 8 heteroatoms. The Morgan fingerprint density at radius 2 is 2.12 bits per heavy atom. The molecular formula is C18H21N3O2S3. The highest BCUT2D eigenvalue weighted by Gasteiger charge is 2.23. The minimum absolute atomic E-state index is 0.119. The number of thioether (sulfide) groups is 2. The molecule has 0 bridgehead atoms. The molecule has 0 aliphatic heterocycles. The van der Waals surface area contributed by atoms with Gasteiger partial charge in [0.2, 0.25) is 0 Å². The van der Waals surface area contributed by atoms with Crippen LogP contribution >= 0.6 is 34.9 Å². The van der Waals surface area contributed by atoms with Crippen LogP contribution in [0.1, 0.15) is 41.4 Å². The summed E-state index contributed by atoms with van der Waals surface area (Å²) in [7, 11) is 0. The second-order valence-electron chi connectivity index (χ2n) is 5.84. The summed E-state index contributed by atoms with van der Waals surface area (Å²) < 4.78 is 9.34. The lowest BCUT2D eigenvalue weighted by Gasteiger charge is -2.10. The van der Waals surface area contributed by atoms with E-state index in [1.807, 2.05) is 39.0 Å². The summed E-state index contributed by atoms with van der Waals surface area (Å²) in [6.07, 6.45) is 1.67. The number of aryl methyl sites for hydroxylation is 1. The Morgan fingerprint density at radius 1 is 1.35 bits per heavy atom. The highest BCUT2D eigenvalue weighted by Crippen LogP contribution is 2.33. The third kappa shape index (κ3) is 4.24. The van der Waals surface area contributed by atoms with Crippen LogP contribution < -0.4 is 0 Å². The summed E-state index contributed by atoms with van der Waals surface area (Å²) in [5.41, 5.74) is 2.79. The molecule has 1 atom stereocenters. The number of aromatic nitrogens is 3. The van der Waals surface area contributed by atoms with Gasteiger partial charge >= 0.3 is 0 Å². The zero-order valence-corrected chi connectivity index (χ0v) is 17.6. The number of Topliss-reactive ketones (excluding diaryl/α,β-unsaturated/α-hetero) is 1. The second kappa shape index (κ2) is 8.45. The molecule has 0 fully saturated rings. The first-order valence-electron chi connectivity index (χ1n) is 8.35. The largest absolute Gasteiger partial charge is 0.467 e. The van der Waals surface area contributed by atoms with Crippen LogP contribution in [0, 0.1) is 13.8 Å². The number of hydrogen-bond acceptors (Lipinski definition) is 7. The molecule has 3 heterocycles. The summed E-state index contributed by atoms with van der Waals surface area (Å²) in [5.74, 6) is 1.96. The van der Waals surface area contributed by atoms with Crippen molar-refractivity contribution in [3.63, 3.8) is 0 Å². The van der Waals surface area contributed by atoms with Crippen LogP contribution in [-0.4, -0.2) is 31.6 Å². The zero-order chi connectivity index (χ0) is 18.7. The lowest BCUT2D eigenvalue weighted by atomic mass is 10.1. The maximum absolute atomic E-state index is 13.0. The summed E-state index contributed by atoms with van der Waals surface area (Å²) >= 11 is 4.70. The fourth-order valence-corrected chi connectivity index (χ4v) is 5.83. The average Bonchev–Trinajstić information content (AvgIpc) is 3.33. The lowest BCUT2D eigenvalue weighted by Crippen LogP contribution is -2.14. The molecule has 0 saturated carbocycles. The van der Waals surface area contributed by atoms with Crippen LogP contribution in [0.15, 0.2) is 37.6 Å². The van der Waals surface area contributed by atoms with Crippen LogP contribution in [0.3, 0.4) is 0 Å². The number of carbonyl (C=O) groups excluding carboxylic acids is 1. The van der Waals surface area contributed by atoms with E-state index in [1.54, 1.807) is 29.4 Å². The van der Waals surface area contributed by atoms with Crippen molar-refractivity contribution in [2.75, 3.05) is 5.75 Å². The minimum Gasteiger partial charge on any atom is -0.467 e. The van der Waals surface area contributed by atoms with Gasteiger partial charge in [-0.05, 0) is 44.7 Å².